The average Bonchev–Trinajstić information content (AvgIpc) is 2.44. The van der Waals surface area contributed by atoms with E-state index in [0.29, 0.717) is 10.2 Å². The van der Waals surface area contributed by atoms with E-state index in [1.807, 2.05) is 0 Å². The van der Waals surface area contributed by atoms with Gasteiger partial charge in [0.15, 0.2) is 18.2 Å². The molecule has 21 heavy (non-hydrogen) atoms. The summed E-state index contributed by atoms with van der Waals surface area (Å²) < 4.78 is 32.5. The van der Waals surface area contributed by atoms with Gasteiger partial charge in [-0.2, -0.15) is 0 Å². The standard InChI is InChI=1S/C14H11BrF2N2O2/c15-8-1-3-11(17)13(5-8)21-7-14(20)19-12-6-9(18)2-4-10(12)16/h1-6H,7,18H2,(H,19,20). The van der Waals surface area contributed by atoms with Crippen molar-refractivity contribution in [2.24, 2.45) is 0 Å². The number of anilines is 2. The molecule has 2 aromatic rings. The van der Waals surface area contributed by atoms with Crippen LogP contribution in [-0.2, 0) is 4.79 Å². The van der Waals surface area contributed by atoms with Gasteiger partial charge in [-0.3, -0.25) is 4.79 Å². The maximum absolute atomic E-state index is 13.4. The number of carbonyl (C=O) groups is 1. The molecule has 2 aromatic carbocycles. The van der Waals surface area contributed by atoms with Crippen molar-refractivity contribution in [3.8, 4) is 5.75 Å². The first-order valence-electron chi connectivity index (χ1n) is 5.88. The van der Waals surface area contributed by atoms with Crippen molar-refractivity contribution in [2.45, 2.75) is 0 Å². The van der Waals surface area contributed by atoms with Crippen LogP contribution in [0.3, 0.4) is 0 Å². The zero-order valence-electron chi connectivity index (χ0n) is 10.7. The summed E-state index contributed by atoms with van der Waals surface area (Å²) in [7, 11) is 0. The highest BCUT2D eigenvalue weighted by molar-refractivity contribution is 9.10. The van der Waals surface area contributed by atoms with Crippen LogP contribution in [0.2, 0.25) is 0 Å². The Hall–Kier alpha value is -2.15. The lowest BCUT2D eigenvalue weighted by atomic mass is 10.2. The van der Waals surface area contributed by atoms with E-state index in [0.717, 1.165) is 6.07 Å². The third-order valence-electron chi connectivity index (χ3n) is 2.52. The van der Waals surface area contributed by atoms with E-state index in [-0.39, 0.29) is 11.4 Å². The maximum atomic E-state index is 13.4. The van der Waals surface area contributed by atoms with Crippen molar-refractivity contribution in [1.82, 2.24) is 0 Å². The summed E-state index contributed by atoms with van der Waals surface area (Å²) >= 11 is 3.16. The summed E-state index contributed by atoms with van der Waals surface area (Å²) in [4.78, 5) is 11.7. The fourth-order valence-corrected chi connectivity index (χ4v) is 1.90. The number of benzene rings is 2. The highest BCUT2D eigenvalue weighted by Crippen LogP contribution is 2.22. The summed E-state index contributed by atoms with van der Waals surface area (Å²) in [6, 6.07) is 7.90. The van der Waals surface area contributed by atoms with Gasteiger partial charge in [0.2, 0.25) is 0 Å². The van der Waals surface area contributed by atoms with Crippen LogP contribution < -0.4 is 15.8 Å². The monoisotopic (exact) mass is 356 g/mol. The lowest BCUT2D eigenvalue weighted by Gasteiger charge is -2.09. The molecule has 7 heteroatoms. The molecular formula is C14H11BrF2N2O2. The number of hydrogen-bond donors (Lipinski definition) is 2. The first kappa shape index (κ1) is 15.2. The maximum Gasteiger partial charge on any atom is 0.262 e. The topological polar surface area (TPSA) is 64.3 Å². The molecule has 110 valence electrons. The van der Waals surface area contributed by atoms with Crippen LogP contribution in [0.4, 0.5) is 20.2 Å². The van der Waals surface area contributed by atoms with Crippen LogP contribution in [0.5, 0.6) is 5.75 Å². The van der Waals surface area contributed by atoms with Crippen molar-refractivity contribution in [2.75, 3.05) is 17.7 Å². The number of halogens is 3. The molecule has 0 unspecified atom stereocenters. The molecule has 0 atom stereocenters. The van der Waals surface area contributed by atoms with Gasteiger partial charge in [-0.05, 0) is 36.4 Å². The molecular weight excluding hydrogens is 346 g/mol. The zero-order valence-corrected chi connectivity index (χ0v) is 12.3. The minimum Gasteiger partial charge on any atom is -0.481 e. The summed E-state index contributed by atoms with van der Waals surface area (Å²) in [5, 5.41) is 2.30. The van der Waals surface area contributed by atoms with Gasteiger partial charge in [0, 0.05) is 10.2 Å². The second kappa shape index (κ2) is 6.53. The molecule has 0 radical (unpaired) electrons. The Morgan fingerprint density at radius 2 is 1.90 bits per heavy atom. The molecule has 1 amide bonds. The molecule has 0 saturated heterocycles. The summed E-state index contributed by atoms with van der Waals surface area (Å²) in [6.07, 6.45) is 0. The Bertz CT molecular complexity index is 680. The van der Waals surface area contributed by atoms with E-state index in [2.05, 4.69) is 21.2 Å². The Balaban J connectivity index is 1.99. The van der Waals surface area contributed by atoms with Gasteiger partial charge in [-0.1, -0.05) is 15.9 Å². The first-order valence-corrected chi connectivity index (χ1v) is 6.68. The van der Waals surface area contributed by atoms with Crippen molar-refractivity contribution in [1.29, 1.82) is 0 Å². The van der Waals surface area contributed by atoms with E-state index in [9.17, 15) is 13.6 Å². The Morgan fingerprint density at radius 3 is 2.67 bits per heavy atom. The van der Waals surface area contributed by atoms with Crippen LogP contribution in [0.1, 0.15) is 0 Å². The number of hydrogen-bond acceptors (Lipinski definition) is 3. The van der Waals surface area contributed by atoms with Crippen molar-refractivity contribution in [3.63, 3.8) is 0 Å². The average molecular weight is 357 g/mol. The SMILES string of the molecule is Nc1ccc(F)c(NC(=O)COc2cc(Br)ccc2F)c1. The number of nitrogens with two attached hydrogens (primary N) is 1. The number of amides is 1. The lowest BCUT2D eigenvalue weighted by Crippen LogP contribution is -2.21. The number of ether oxygens (including phenoxy) is 1. The van der Waals surface area contributed by atoms with E-state index >= 15 is 0 Å². The summed E-state index contributed by atoms with van der Waals surface area (Å²) in [5.41, 5.74) is 5.75. The van der Waals surface area contributed by atoms with Crippen LogP contribution >= 0.6 is 15.9 Å². The van der Waals surface area contributed by atoms with E-state index < -0.39 is 24.1 Å². The molecule has 4 nitrogen and oxygen atoms in total. The Kier molecular flexibility index (Phi) is 4.74. The molecule has 0 heterocycles. The fourth-order valence-electron chi connectivity index (χ4n) is 1.56. The van der Waals surface area contributed by atoms with E-state index in [1.54, 1.807) is 0 Å². The number of carbonyl (C=O) groups excluding carboxylic acids is 1. The van der Waals surface area contributed by atoms with Crippen LogP contribution in [0.25, 0.3) is 0 Å². The van der Waals surface area contributed by atoms with Gasteiger partial charge in [0.25, 0.3) is 5.91 Å². The van der Waals surface area contributed by atoms with Gasteiger partial charge < -0.3 is 15.8 Å². The molecule has 0 aliphatic heterocycles. The second-order valence-corrected chi connectivity index (χ2v) is 5.07. The smallest absolute Gasteiger partial charge is 0.262 e. The number of nitrogens with one attached hydrogen (secondary N) is 1. The van der Waals surface area contributed by atoms with Gasteiger partial charge in [0.1, 0.15) is 5.82 Å². The van der Waals surface area contributed by atoms with Gasteiger partial charge >= 0.3 is 0 Å². The molecule has 0 aliphatic rings. The highest BCUT2D eigenvalue weighted by Gasteiger charge is 2.10. The van der Waals surface area contributed by atoms with Crippen molar-refractivity contribution in [3.05, 3.63) is 52.5 Å². The fraction of sp³-hybridized carbons (Fsp3) is 0.0714. The molecule has 0 spiro atoms. The van der Waals surface area contributed by atoms with Gasteiger partial charge in [0.05, 0.1) is 5.69 Å². The van der Waals surface area contributed by atoms with E-state index in [1.165, 1.54) is 30.3 Å². The third kappa shape index (κ3) is 4.16. The minimum atomic E-state index is -0.626. The Morgan fingerprint density at radius 1 is 1.19 bits per heavy atom. The Labute approximate surface area is 128 Å². The normalized spacial score (nSPS) is 10.2. The molecule has 2 rings (SSSR count). The van der Waals surface area contributed by atoms with Crippen molar-refractivity contribution < 1.29 is 18.3 Å². The summed E-state index contributed by atoms with van der Waals surface area (Å²) in [5.74, 6) is -1.92. The molecule has 0 fully saturated rings. The highest BCUT2D eigenvalue weighted by atomic mass is 79.9. The summed E-state index contributed by atoms with van der Waals surface area (Å²) in [6.45, 7) is -0.457. The molecule has 3 N–H and O–H groups in total. The zero-order chi connectivity index (χ0) is 15.4. The van der Waals surface area contributed by atoms with Crippen molar-refractivity contribution >= 4 is 33.2 Å². The van der Waals surface area contributed by atoms with Gasteiger partial charge in [-0.15, -0.1) is 0 Å². The quantitative estimate of drug-likeness (QED) is 0.825. The first-order chi connectivity index (χ1) is 9.95. The predicted octanol–water partition coefficient (Wildman–Crippen LogP) is 3.33. The predicted molar refractivity (Wildman–Crippen MR) is 79.0 cm³/mol. The van der Waals surface area contributed by atoms with E-state index in [4.69, 9.17) is 10.5 Å². The number of rotatable bonds is 4. The molecule has 0 bridgehead atoms. The lowest BCUT2D eigenvalue weighted by molar-refractivity contribution is -0.118. The largest absolute Gasteiger partial charge is 0.481 e. The molecule has 0 aliphatic carbocycles. The second-order valence-electron chi connectivity index (χ2n) is 4.15. The van der Waals surface area contributed by atoms with Crippen LogP contribution in [0.15, 0.2) is 40.9 Å². The number of nitrogen functional groups attached to an aromatic ring is 1. The van der Waals surface area contributed by atoms with Gasteiger partial charge in [-0.25, -0.2) is 8.78 Å². The molecule has 0 saturated carbocycles. The third-order valence-corrected chi connectivity index (χ3v) is 3.01. The van der Waals surface area contributed by atoms with Crippen LogP contribution in [-0.4, -0.2) is 12.5 Å². The van der Waals surface area contributed by atoms with Crippen LogP contribution in [0, 0.1) is 11.6 Å². The molecule has 0 aromatic heterocycles. The minimum absolute atomic E-state index is 0.0571.